The van der Waals surface area contributed by atoms with Gasteiger partial charge in [0, 0.05) is 18.7 Å². The quantitative estimate of drug-likeness (QED) is 0.208. The summed E-state index contributed by atoms with van der Waals surface area (Å²) in [5.41, 5.74) is 3.70. The molecule has 0 aromatic heterocycles. The van der Waals surface area contributed by atoms with Crippen LogP contribution in [-0.2, 0) is 0 Å². The highest BCUT2D eigenvalue weighted by Gasteiger charge is 2.10. The second-order valence-corrected chi connectivity index (χ2v) is 9.90. The van der Waals surface area contributed by atoms with Crippen molar-refractivity contribution in [2.45, 2.75) is 32.5 Å². The summed E-state index contributed by atoms with van der Waals surface area (Å²) in [5.74, 6) is 3.14. The fourth-order valence-corrected chi connectivity index (χ4v) is 2.01. The third kappa shape index (κ3) is 5.98. The van der Waals surface area contributed by atoms with E-state index in [9.17, 15) is 10.1 Å². The molecule has 0 saturated heterocycles. The van der Waals surface area contributed by atoms with Crippen LogP contribution >= 0.6 is 0 Å². The monoisotopic (exact) mass is 274 g/mol. The second kappa shape index (κ2) is 6.85. The van der Waals surface area contributed by atoms with Crippen molar-refractivity contribution in [1.29, 1.82) is 0 Å². The van der Waals surface area contributed by atoms with Crippen molar-refractivity contribution in [3.8, 4) is 11.5 Å². The molecular weight excluding hydrogens is 256 g/mol. The molecule has 0 aliphatic rings. The van der Waals surface area contributed by atoms with Crippen LogP contribution in [0.3, 0.4) is 0 Å². The lowest BCUT2D eigenvalue weighted by Gasteiger charge is -2.02. The number of aliphatic imine (C=N–C) groups is 1. The minimum Gasteiger partial charge on any atom is -0.258 e. The number of nitro benzene ring substituents is 1. The molecule has 1 rings (SSSR count). The number of para-hydroxylation sites is 2. The maximum atomic E-state index is 10.8. The van der Waals surface area contributed by atoms with Crippen molar-refractivity contribution in [2.24, 2.45) is 4.99 Å². The molecule has 0 unspecified atom stereocenters. The molecule has 0 radical (unpaired) electrons. The van der Waals surface area contributed by atoms with Gasteiger partial charge < -0.3 is 0 Å². The van der Waals surface area contributed by atoms with E-state index in [4.69, 9.17) is 0 Å². The first-order valence-corrected chi connectivity index (χ1v) is 9.66. The lowest BCUT2D eigenvalue weighted by molar-refractivity contribution is -0.384. The van der Waals surface area contributed by atoms with Crippen molar-refractivity contribution in [1.82, 2.24) is 0 Å². The van der Waals surface area contributed by atoms with E-state index in [1.54, 1.807) is 24.4 Å². The number of hydrogen-bond donors (Lipinski definition) is 0. The van der Waals surface area contributed by atoms with Crippen molar-refractivity contribution in [3.05, 3.63) is 34.4 Å². The van der Waals surface area contributed by atoms with E-state index < -0.39 is 13.0 Å². The molecule has 0 amide bonds. The Bertz CT molecular complexity index is 536. The number of nitro groups is 1. The fourth-order valence-electron chi connectivity index (χ4n) is 1.36. The number of rotatable bonds is 4. The molecule has 0 aliphatic heterocycles. The van der Waals surface area contributed by atoms with Crippen LogP contribution in [-0.4, -0.2) is 19.2 Å². The minimum absolute atomic E-state index is 0.0342. The largest absolute Gasteiger partial charge is 0.294 e. The first kappa shape index (κ1) is 15.1. The molecule has 0 bridgehead atoms. The summed E-state index contributed by atoms with van der Waals surface area (Å²) >= 11 is 0. The highest BCUT2D eigenvalue weighted by atomic mass is 28.3. The van der Waals surface area contributed by atoms with Crippen LogP contribution in [0.15, 0.2) is 29.3 Å². The Hall–Kier alpha value is -1.93. The molecule has 0 spiro atoms. The molecule has 0 fully saturated rings. The van der Waals surface area contributed by atoms with E-state index in [1.807, 2.05) is 0 Å². The van der Waals surface area contributed by atoms with E-state index in [2.05, 4.69) is 36.1 Å². The molecule has 0 atom stereocenters. The lowest BCUT2D eigenvalue weighted by atomic mass is 10.3. The summed E-state index contributed by atoms with van der Waals surface area (Å²) in [6.07, 6.45) is 3.15. The fraction of sp³-hybridized carbons (Fsp3) is 0.357. The number of nitrogens with zero attached hydrogens (tertiary/aromatic N) is 2. The zero-order valence-corrected chi connectivity index (χ0v) is 12.5. The molecule has 5 heteroatoms. The Morgan fingerprint density at radius 1 is 1.37 bits per heavy atom. The zero-order valence-electron chi connectivity index (χ0n) is 11.5. The van der Waals surface area contributed by atoms with Gasteiger partial charge in [-0.3, -0.25) is 15.1 Å². The predicted octanol–water partition coefficient (Wildman–Crippen LogP) is 3.96. The van der Waals surface area contributed by atoms with Gasteiger partial charge in [-0.25, -0.2) is 0 Å². The molecule has 0 aliphatic carbocycles. The van der Waals surface area contributed by atoms with Crippen LogP contribution < -0.4 is 0 Å². The Balaban J connectivity index is 2.58. The van der Waals surface area contributed by atoms with Gasteiger partial charge in [0.05, 0.1) is 4.92 Å². The smallest absolute Gasteiger partial charge is 0.258 e. The van der Waals surface area contributed by atoms with Crippen molar-refractivity contribution >= 4 is 25.7 Å². The highest BCUT2D eigenvalue weighted by molar-refractivity contribution is 6.83. The van der Waals surface area contributed by atoms with Crippen LogP contribution in [0.2, 0.25) is 19.6 Å². The van der Waals surface area contributed by atoms with Gasteiger partial charge in [0.2, 0.25) is 0 Å². The van der Waals surface area contributed by atoms with Crippen molar-refractivity contribution in [2.75, 3.05) is 0 Å². The van der Waals surface area contributed by atoms with E-state index in [1.165, 1.54) is 6.07 Å². The number of unbranched alkanes of at least 4 members (excludes halogenated alkanes) is 1. The summed E-state index contributed by atoms with van der Waals surface area (Å²) in [7, 11) is -1.30. The Morgan fingerprint density at radius 3 is 2.68 bits per heavy atom. The highest BCUT2D eigenvalue weighted by Crippen LogP contribution is 2.25. The van der Waals surface area contributed by atoms with Gasteiger partial charge in [-0.05, 0) is 12.5 Å². The van der Waals surface area contributed by atoms with E-state index in [0.29, 0.717) is 12.1 Å². The summed E-state index contributed by atoms with van der Waals surface area (Å²) in [5, 5.41) is 10.8. The van der Waals surface area contributed by atoms with Crippen LogP contribution in [0.25, 0.3) is 0 Å². The summed E-state index contributed by atoms with van der Waals surface area (Å²) in [6, 6.07) is 6.47. The molecule has 0 heterocycles. The van der Waals surface area contributed by atoms with Gasteiger partial charge in [0.15, 0.2) is 0 Å². The third-order valence-corrected chi connectivity index (χ3v) is 3.10. The molecule has 1 aromatic rings. The first-order chi connectivity index (χ1) is 8.90. The van der Waals surface area contributed by atoms with Crippen LogP contribution in [0, 0.1) is 21.6 Å². The normalized spacial score (nSPS) is 11.1. The molecule has 19 heavy (non-hydrogen) atoms. The maximum absolute atomic E-state index is 10.8. The molecule has 0 saturated carbocycles. The summed E-state index contributed by atoms with van der Waals surface area (Å²) in [6.45, 7) is 6.59. The molecule has 4 nitrogen and oxygen atoms in total. The van der Waals surface area contributed by atoms with Crippen LogP contribution in [0.4, 0.5) is 11.4 Å². The Morgan fingerprint density at radius 2 is 2.05 bits per heavy atom. The number of benzene rings is 1. The van der Waals surface area contributed by atoms with Crippen molar-refractivity contribution < 1.29 is 4.92 Å². The molecule has 1 aromatic carbocycles. The number of hydrogen-bond acceptors (Lipinski definition) is 3. The van der Waals surface area contributed by atoms with Gasteiger partial charge in [0.25, 0.3) is 5.69 Å². The van der Waals surface area contributed by atoms with Gasteiger partial charge in [-0.2, -0.15) is 0 Å². The standard InChI is InChI=1S/C14H18N2O2Si/c1-19(2,3)12-8-4-7-11-15-13-9-5-6-10-14(13)16(17)18/h5-6,9-11H,4,7H2,1-3H3/b15-11+. The van der Waals surface area contributed by atoms with Crippen LogP contribution in [0.5, 0.6) is 0 Å². The van der Waals surface area contributed by atoms with Gasteiger partial charge in [-0.1, -0.05) is 31.8 Å². The minimum atomic E-state index is -1.30. The average Bonchev–Trinajstić information content (AvgIpc) is 2.32. The predicted molar refractivity (Wildman–Crippen MR) is 81.6 cm³/mol. The molecule has 0 N–H and O–H groups in total. The van der Waals surface area contributed by atoms with Gasteiger partial charge in [0.1, 0.15) is 13.8 Å². The first-order valence-electron chi connectivity index (χ1n) is 6.16. The molecule has 100 valence electrons. The van der Waals surface area contributed by atoms with Gasteiger partial charge in [-0.15, -0.1) is 11.5 Å². The zero-order chi connectivity index (χ0) is 14.3. The summed E-state index contributed by atoms with van der Waals surface area (Å²) < 4.78 is 0. The summed E-state index contributed by atoms with van der Waals surface area (Å²) in [4.78, 5) is 14.5. The Labute approximate surface area is 114 Å². The van der Waals surface area contributed by atoms with E-state index in [-0.39, 0.29) is 5.69 Å². The Kier molecular flexibility index (Phi) is 5.46. The topological polar surface area (TPSA) is 55.5 Å². The maximum Gasteiger partial charge on any atom is 0.294 e. The SMILES string of the molecule is C[Si](C)(C)C#CCC/C=N/c1ccccc1[N+](=O)[O-]. The third-order valence-electron chi connectivity index (χ3n) is 2.17. The average molecular weight is 274 g/mol. The van der Waals surface area contributed by atoms with E-state index in [0.717, 1.165) is 6.42 Å². The van der Waals surface area contributed by atoms with Crippen LogP contribution in [0.1, 0.15) is 12.8 Å². The van der Waals surface area contributed by atoms with Gasteiger partial charge >= 0.3 is 0 Å². The lowest BCUT2D eigenvalue weighted by Crippen LogP contribution is -2.16. The molecular formula is C14H18N2O2Si. The second-order valence-electron chi connectivity index (χ2n) is 5.15. The van der Waals surface area contributed by atoms with Crippen molar-refractivity contribution in [3.63, 3.8) is 0 Å². The van der Waals surface area contributed by atoms with E-state index >= 15 is 0 Å².